The lowest BCUT2D eigenvalue weighted by molar-refractivity contribution is -0.146. The highest BCUT2D eigenvalue weighted by Gasteiger charge is 2.35. The quantitative estimate of drug-likeness (QED) is 0.0925. The molecule has 0 saturated heterocycles. The third kappa shape index (κ3) is 11.9. The third-order valence-corrected chi connectivity index (χ3v) is 12.2. The van der Waals surface area contributed by atoms with E-state index in [1.165, 1.54) is 95.5 Å². The second-order valence-corrected chi connectivity index (χ2v) is 15.4. The van der Waals surface area contributed by atoms with Gasteiger partial charge in [0.25, 0.3) is 0 Å². The molecule has 0 aromatic heterocycles. The molecular formula is C42H64O6. The Balaban J connectivity index is 1.14. The molecule has 0 unspecified atom stereocenters. The predicted octanol–water partition coefficient (Wildman–Crippen LogP) is 8.89. The van der Waals surface area contributed by atoms with Crippen LogP contribution in [0, 0.1) is 35.5 Å². The van der Waals surface area contributed by atoms with Gasteiger partial charge in [-0.15, -0.1) is 0 Å². The van der Waals surface area contributed by atoms with Crippen molar-refractivity contribution in [1.29, 1.82) is 0 Å². The molecule has 0 bridgehead atoms. The standard InChI is InChI=1S/C42H64O6/c1-4-5-6-7-32-10-16-35(17-11-32)36-18-12-33(13-19-36)8-9-34-14-20-37(21-15-34)38-22-24-39(25-23-38)40(28-47-41(45)30(2)26-43)29-48-42(46)31(3)27-44/h10-11,16-17,33-34,36-40,43-44H,2-9,12-15,18-29H2,1H3. The molecule has 0 heterocycles. The van der Waals surface area contributed by atoms with Crippen LogP contribution in [0.5, 0.6) is 0 Å². The summed E-state index contributed by atoms with van der Waals surface area (Å²) in [5.41, 5.74) is 3.10. The number of hydrogen-bond acceptors (Lipinski definition) is 6. The van der Waals surface area contributed by atoms with Gasteiger partial charge in [-0.25, -0.2) is 9.59 Å². The number of unbranched alkanes of at least 4 members (excludes halogenated alkanes) is 2. The minimum Gasteiger partial charge on any atom is -0.462 e. The normalized spacial score (nSPS) is 26.2. The monoisotopic (exact) mass is 664 g/mol. The molecule has 0 amide bonds. The topological polar surface area (TPSA) is 93.1 Å². The van der Waals surface area contributed by atoms with E-state index in [1.807, 2.05) is 0 Å². The van der Waals surface area contributed by atoms with E-state index in [1.54, 1.807) is 5.56 Å². The SMILES string of the molecule is C=C(CO)C(=O)OCC(COC(=O)C(=C)CO)C1CCC(C2CCC(CCC3CCC(c4ccc(CCCCC)cc4)CC3)CC2)CC1. The van der Waals surface area contributed by atoms with Gasteiger partial charge in [0.2, 0.25) is 0 Å². The van der Waals surface area contributed by atoms with Gasteiger partial charge in [-0.2, -0.15) is 0 Å². The van der Waals surface area contributed by atoms with E-state index in [0.717, 1.165) is 55.3 Å². The van der Waals surface area contributed by atoms with Crippen molar-refractivity contribution in [1.82, 2.24) is 0 Å². The van der Waals surface area contributed by atoms with Crippen molar-refractivity contribution >= 4 is 11.9 Å². The van der Waals surface area contributed by atoms with Crippen LogP contribution < -0.4 is 0 Å². The molecule has 1 aromatic carbocycles. The maximum atomic E-state index is 12.1. The number of aliphatic hydroxyl groups is 2. The highest BCUT2D eigenvalue weighted by Crippen LogP contribution is 2.45. The van der Waals surface area contributed by atoms with Crippen LogP contribution in [-0.2, 0) is 25.5 Å². The fraction of sp³-hybridized carbons (Fsp3) is 0.714. The molecule has 2 N–H and O–H groups in total. The Morgan fingerprint density at radius 2 is 1.19 bits per heavy atom. The summed E-state index contributed by atoms with van der Waals surface area (Å²) in [6.07, 6.45) is 23.3. The van der Waals surface area contributed by atoms with Crippen LogP contribution in [0.25, 0.3) is 0 Å². The second-order valence-electron chi connectivity index (χ2n) is 15.4. The first-order valence-corrected chi connectivity index (χ1v) is 19.3. The van der Waals surface area contributed by atoms with Gasteiger partial charge in [0.1, 0.15) is 0 Å². The number of rotatable bonds is 18. The van der Waals surface area contributed by atoms with E-state index >= 15 is 0 Å². The molecular weight excluding hydrogens is 600 g/mol. The average Bonchev–Trinajstić information content (AvgIpc) is 3.14. The van der Waals surface area contributed by atoms with Gasteiger partial charge in [0.05, 0.1) is 37.6 Å². The zero-order valence-electron chi connectivity index (χ0n) is 29.8. The van der Waals surface area contributed by atoms with Crippen molar-refractivity contribution in [3.63, 3.8) is 0 Å². The lowest BCUT2D eigenvalue weighted by atomic mass is 9.67. The first-order chi connectivity index (χ1) is 23.3. The van der Waals surface area contributed by atoms with Crippen LogP contribution in [0.1, 0.15) is 133 Å². The summed E-state index contributed by atoms with van der Waals surface area (Å²) in [4.78, 5) is 24.3. The number of hydrogen-bond donors (Lipinski definition) is 2. The van der Waals surface area contributed by atoms with Crippen molar-refractivity contribution < 1.29 is 29.3 Å². The van der Waals surface area contributed by atoms with Crippen molar-refractivity contribution in [2.75, 3.05) is 26.4 Å². The van der Waals surface area contributed by atoms with E-state index in [2.05, 4.69) is 44.3 Å². The van der Waals surface area contributed by atoms with Gasteiger partial charge >= 0.3 is 11.9 Å². The Morgan fingerprint density at radius 3 is 1.67 bits per heavy atom. The van der Waals surface area contributed by atoms with Gasteiger partial charge < -0.3 is 19.7 Å². The van der Waals surface area contributed by atoms with E-state index in [-0.39, 0.29) is 36.2 Å². The van der Waals surface area contributed by atoms with E-state index < -0.39 is 25.2 Å². The first-order valence-electron chi connectivity index (χ1n) is 19.3. The highest BCUT2D eigenvalue weighted by atomic mass is 16.5. The minimum atomic E-state index is -0.620. The summed E-state index contributed by atoms with van der Waals surface area (Å²) < 4.78 is 10.9. The first kappa shape index (κ1) is 38.4. The van der Waals surface area contributed by atoms with Crippen LogP contribution >= 0.6 is 0 Å². The smallest absolute Gasteiger partial charge is 0.335 e. The zero-order chi connectivity index (χ0) is 34.3. The Hall–Kier alpha value is -2.44. The summed E-state index contributed by atoms with van der Waals surface area (Å²) in [7, 11) is 0. The molecule has 48 heavy (non-hydrogen) atoms. The van der Waals surface area contributed by atoms with Crippen LogP contribution in [0.3, 0.4) is 0 Å². The van der Waals surface area contributed by atoms with Crippen LogP contribution in [-0.4, -0.2) is 48.6 Å². The Labute approximate surface area is 290 Å². The largest absolute Gasteiger partial charge is 0.462 e. The molecule has 6 heteroatoms. The molecule has 0 spiro atoms. The van der Waals surface area contributed by atoms with Crippen molar-refractivity contribution in [2.24, 2.45) is 35.5 Å². The van der Waals surface area contributed by atoms with Crippen molar-refractivity contribution in [3.8, 4) is 0 Å². The molecule has 4 rings (SSSR count). The lowest BCUT2D eigenvalue weighted by Crippen LogP contribution is -2.33. The predicted molar refractivity (Wildman–Crippen MR) is 192 cm³/mol. The Kier molecular flexibility index (Phi) is 16.2. The maximum absolute atomic E-state index is 12.1. The molecule has 3 aliphatic rings. The highest BCUT2D eigenvalue weighted by molar-refractivity contribution is 5.88. The minimum absolute atomic E-state index is 0.0143. The van der Waals surface area contributed by atoms with Gasteiger partial charge in [0.15, 0.2) is 0 Å². The summed E-state index contributed by atoms with van der Waals surface area (Å²) in [5, 5.41) is 18.4. The van der Waals surface area contributed by atoms with Crippen LogP contribution in [0.4, 0.5) is 0 Å². The molecule has 0 radical (unpaired) electrons. The number of ether oxygens (including phenoxy) is 2. The summed E-state index contributed by atoms with van der Waals surface area (Å²) in [6, 6.07) is 9.60. The Morgan fingerprint density at radius 1 is 0.708 bits per heavy atom. The molecule has 0 atom stereocenters. The molecule has 0 aliphatic heterocycles. The number of aliphatic hydroxyl groups excluding tert-OH is 2. The fourth-order valence-electron chi connectivity index (χ4n) is 8.85. The molecule has 3 aliphatic carbocycles. The van der Waals surface area contributed by atoms with Gasteiger partial charge in [-0.05, 0) is 124 Å². The average molecular weight is 665 g/mol. The number of benzene rings is 1. The molecule has 1 aromatic rings. The maximum Gasteiger partial charge on any atom is 0.335 e. The second kappa shape index (κ2) is 20.3. The third-order valence-electron chi connectivity index (χ3n) is 12.2. The van der Waals surface area contributed by atoms with E-state index in [9.17, 15) is 19.8 Å². The van der Waals surface area contributed by atoms with Gasteiger partial charge in [-0.1, -0.05) is 82.9 Å². The number of carbonyl (C=O) groups is 2. The molecule has 3 saturated carbocycles. The molecule has 6 nitrogen and oxygen atoms in total. The van der Waals surface area contributed by atoms with E-state index in [0.29, 0.717) is 0 Å². The van der Waals surface area contributed by atoms with Crippen LogP contribution in [0.2, 0.25) is 0 Å². The van der Waals surface area contributed by atoms with E-state index in [4.69, 9.17) is 9.47 Å². The summed E-state index contributed by atoms with van der Waals surface area (Å²) >= 11 is 0. The van der Waals surface area contributed by atoms with Gasteiger partial charge in [-0.3, -0.25) is 0 Å². The van der Waals surface area contributed by atoms with Crippen molar-refractivity contribution in [3.05, 3.63) is 59.7 Å². The Bertz CT molecular complexity index is 1100. The fourth-order valence-corrected chi connectivity index (χ4v) is 8.85. The lowest BCUT2D eigenvalue weighted by Gasteiger charge is -2.40. The molecule has 268 valence electrons. The van der Waals surface area contributed by atoms with Gasteiger partial charge in [0, 0.05) is 5.92 Å². The molecule has 3 fully saturated rings. The van der Waals surface area contributed by atoms with Crippen molar-refractivity contribution in [2.45, 2.75) is 128 Å². The number of carbonyl (C=O) groups excluding carboxylic acids is 2. The number of aryl methyl sites for hydroxylation is 1. The zero-order valence-corrected chi connectivity index (χ0v) is 29.8. The van der Waals surface area contributed by atoms with Crippen LogP contribution in [0.15, 0.2) is 48.6 Å². The summed E-state index contributed by atoms with van der Waals surface area (Å²) in [5.74, 6) is 3.04. The summed E-state index contributed by atoms with van der Waals surface area (Å²) in [6.45, 7) is 8.71. The number of esters is 2.